The first kappa shape index (κ1) is 20.3. The quantitative estimate of drug-likeness (QED) is 0.798. The van der Waals surface area contributed by atoms with Crippen LogP contribution >= 0.6 is 0 Å². The highest BCUT2D eigenvalue weighted by molar-refractivity contribution is 6.05. The number of nitrogens with one attached hydrogen (secondary N) is 2. The van der Waals surface area contributed by atoms with Crippen LogP contribution in [0.15, 0.2) is 42.5 Å². The van der Waals surface area contributed by atoms with Crippen molar-refractivity contribution in [3.05, 3.63) is 59.2 Å². The summed E-state index contributed by atoms with van der Waals surface area (Å²) >= 11 is 0. The molecule has 0 saturated heterocycles. The van der Waals surface area contributed by atoms with E-state index in [2.05, 4.69) is 5.32 Å². The lowest BCUT2D eigenvalue weighted by Gasteiger charge is -2.12. The zero-order valence-corrected chi connectivity index (χ0v) is 14.8. The van der Waals surface area contributed by atoms with Gasteiger partial charge in [0.05, 0.1) is 6.61 Å². The molecule has 2 aromatic rings. The van der Waals surface area contributed by atoms with E-state index in [9.17, 15) is 22.8 Å². The smallest absolute Gasteiger partial charge is 0.405 e. The van der Waals surface area contributed by atoms with Crippen LogP contribution in [-0.4, -0.2) is 31.1 Å². The maximum Gasteiger partial charge on any atom is 0.405 e. The van der Waals surface area contributed by atoms with E-state index in [1.165, 1.54) is 12.1 Å². The molecule has 0 unspecified atom stereocenters. The monoisotopic (exact) mass is 380 g/mol. The fourth-order valence-electron chi connectivity index (χ4n) is 2.27. The van der Waals surface area contributed by atoms with E-state index in [4.69, 9.17) is 4.74 Å². The largest absolute Gasteiger partial charge is 0.494 e. The number of carbonyl (C=O) groups excluding carboxylic acids is 2. The van der Waals surface area contributed by atoms with Gasteiger partial charge in [-0.05, 0) is 49.7 Å². The van der Waals surface area contributed by atoms with Gasteiger partial charge in [0.15, 0.2) is 0 Å². The second kappa shape index (κ2) is 8.57. The van der Waals surface area contributed by atoms with Crippen molar-refractivity contribution in [2.75, 3.05) is 18.5 Å². The van der Waals surface area contributed by atoms with Crippen LogP contribution in [0.3, 0.4) is 0 Å². The Hall–Kier alpha value is -3.03. The molecule has 0 aliphatic carbocycles. The molecular weight excluding hydrogens is 361 g/mol. The molecule has 2 rings (SSSR count). The topological polar surface area (TPSA) is 67.4 Å². The third-order valence-electron chi connectivity index (χ3n) is 3.60. The Kier molecular flexibility index (Phi) is 6.44. The summed E-state index contributed by atoms with van der Waals surface area (Å²) in [4.78, 5) is 24.3. The Bertz CT molecular complexity index is 835. The van der Waals surface area contributed by atoms with Gasteiger partial charge in [0.2, 0.25) is 0 Å². The molecule has 144 valence electrons. The van der Waals surface area contributed by atoms with E-state index in [1.807, 2.05) is 6.92 Å². The molecule has 0 saturated carbocycles. The average molecular weight is 380 g/mol. The van der Waals surface area contributed by atoms with Crippen molar-refractivity contribution in [3.8, 4) is 5.75 Å². The highest BCUT2D eigenvalue weighted by atomic mass is 19.4. The molecule has 2 N–H and O–H groups in total. The molecule has 0 aromatic heterocycles. The molecule has 0 bridgehead atoms. The zero-order chi connectivity index (χ0) is 20.0. The van der Waals surface area contributed by atoms with Gasteiger partial charge in [-0.1, -0.05) is 12.1 Å². The third-order valence-corrected chi connectivity index (χ3v) is 3.60. The van der Waals surface area contributed by atoms with E-state index in [0.717, 1.165) is 0 Å². The molecule has 8 heteroatoms. The fraction of sp³-hybridized carbons (Fsp3) is 0.263. The summed E-state index contributed by atoms with van der Waals surface area (Å²) in [7, 11) is 0. The van der Waals surface area contributed by atoms with Crippen molar-refractivity contribution in [1.29, 1.82) is 0 Å². The van der Waals surface area contributed by atoms with Gasteiger partial charge in [-0.25, -0.2) is 0 Å². The highest BCUT2D eigenvalue weighted by Crippen LogP contribution is 2.20. The van der Waals surface area contributed by atoms with E-state index in [-0.39, 0.29) is 5.56 Å². The summed E-state index contributed by atoms with van der Waals surface area (Å²) in [5.41, 5.74) is 1.37. The highest BCUT2D eigenvalue weighted by Gasteiger charge is 2.28. The number of alkyl halides is 3. The molecule has 0 spiro atoms. The molecule has 27 heavy (non-hydrogen) atoms. The maximum absolute atomic E-state index is 12.4. The number of halogens is 3. The lowest BCUT2D eigenvalue weighted by molar-refractivity contribution is -0.123. The van der Waals surface area contributed by atoms with Gasteiger partial charge in [0.25, 0.3) is 11.8 Å². The van der Waals surface area contributed by atoms with Crippen molar-refractivity contribution in [3.63, 3.8) is 0 Å². The zero-order valence-electron chi connectivity index (χ0n) is 14.8. The number of hydrogen-bond acceptors (Lipinski definition) is 3. The van der Waals surface area contributed by atoms with Crippen molar-refractivity contribution in [2.45, 2.75) is 20.0 Å². The average Bonchev–Trinajstić information content (AvgIpc) is 2.61. The minimum Gasteiger partial charge on any atom is -0.494 e. The summed E-state index contributed by atoms with van der Waals surface area (Å²) in [6.45, 7) is 2.57. The molecule has 0 atom stereocenters. The number of aryl methyl sites for hydroxylation is 1. The molecule has 5 nitrogen and oxygen atoms in total. The van der Waals surface area contributed by atoms with Crippen molar-refractivity contribution in [2.24, 2.45) is 0 Å². The number of amides is 2. The Morgan fingerprint density at radius 1 is 1.04 bits per heavy atom. The van der Waals surface area contributed by atoms with Crippen molar-refractivity contribution < 1.29 is 27.5 Å². The summed E-state index contributed by atoms with van der Waals surface area (Å²) < 4.78 is 42.1. The van der Waals surface area contributed by atoms with Crippen LogP contribution in [0.5, 0.6) is 5.75 Å². The lowest BCUT2D eigenvalue weighted by Crippen LogP contribution is -2.33. The standard InChI is InChI=1S/C19H19F3N2O3/c1-3-27-15-6-4-5-13(9-15)18(26)24-16-10-14(8-7-12(16)2)17(25)23-11-19(20,21)22/h4-10H,3,11H2,1-2H3,(H,23,25)(H,24,26). The predicted octanol–water partition coefficient (Wildman–Crippen LogP) is 3.94. The summed E-state index contributed by atoms with van der Waals surface area (Å²) in [5, 5.41) is 4.47. The number of ether oxygens (including phenoxy) is 1. The summed E-state index contributed by atoms with van der Waals surface area (Å²) in [5.74, 6) is -0.754. The van der Waals surface area contributed by atoms with Crippen LogP contribution in [0.4, 0.5) is 18.9 Å². The normalized spacial score (nSPS) is 11.0. The van der Waals surface area contributed by atoms with Gasteiger partial charge in [-0.3, -0.25) is 9.59 Å². The number of anilines is 1. The first-order chi connectivity index (χ1) is 12.7. The lowest BCUT2D eigenvalue weighted by atomic mass is 10.1. The van der Waals surface area contributed by atoms with Gasteiger partial charge in [-0.2, -0.15) is 13.2 Å². The van der Waals surface area contributed by atoms with Crippen molar-refractivity contribution >= 4 is 17.5 Å². The number of benzene rings is 2. The van der Waals surface area contributed by atoms with Crippen LogP contribution < -0.4 is 15.4 Å². The molecule has 0 fully saturated rings. The van der Waals surface area contributed by atoms with Crippen LogP contribution in [0.25, 0.3) is 0 Å². The summed E-state index contributed by atoms with van der Waals surface area (Å²) in [6, 6.07) is 10.9. The first-order valence-electron chi connectivity index (χ1n) is 8.19. The van der Waals surface area contributed by atoms with E-state index in [0.29, 0.717) is 29.2 Å². The second-order valence-corrected chi connectivity index (χ2v) is 5.74. The molecular formula is C19H19F3N2O3. The number of carbonyl (C=O) groups is 2. The molecule has 0 heterocycles. The van der Waals surface area contributed by atoms with E-state index in [1.54, 1.807) is 42.6 Å². The Balaban J connectivity index is 2.15. The van der Waals surface area contributed by atoms with Gasteiger partial charge in [0, 0.05) is 16.8 Å². The van der Waals surface area contributed by atoms with Crippen LogP contribution in [-0.2, 0) is 0 Å². The van der Waals surface area contributed by atoms with Gasteiger partial charge >= 0.3 is 6.18 Å². The second-order valence-electron chi connectivity index (χ2n) is 5.74. The van der Waals surface area contributed by atoms with Gasteiger partial charge in [-0.15, -0.1) is 0 Å². The van der Waals surface area contributed by atoms with Crippen molar-refractivity contribution in [1.82, 2.24) is 5.32 Å². The minimum atomic E-state index is -4.50. The van der Waals surface area contributed by atoms with Gasteiger partial charge < -0.3 is 15.4 Å². The Morgan fingerprint density at radius 3 is 2.41 bits per heavy atom. The predicted molar refractivity (Wildman–Crippen MR) is 95.1 cm³/mol. The number of hydrogen-bond donors (Lipinski definition) is 2. The minimum absolute atomic E-state index is 0.0169. The summed E-state index contributed by atoms with van der Waals surface area (Å²) in [6.07, 6.45) is -4.50. The molecule has 2 amide bonds. The third kappa shape index (κ3) is 6.02. The van der Waals surface area contributed by atoms with Crippen LogP contribution in [0.2, 0.25) is 0 Å². The number of rotatable bonds is 6. The Labute approximate surface area is 154 Å². The SMILES string of the molecule is CCOc1cccc(C(=O)Nc2cc(C(=O)NCC(F)(F)F)ccc2C)c1. The fourth-order valence-corrected chi connectivity index (χ4v) is 2.27. The van der Waals surface area contributed by atoms with Crippen LogP contribution in [0, 0.1) is 6.92 Å². The molecule has 0 radical (unpaired) electrons. The molecule has 2 aromatic carbocycles. The molecule has 0 aliphatic heterocycles. The maximum atomic E-state index is 12.4. The molecule has 0 aliphatic rings. The van der Waals surface area contributed by atoms with E-state index >= 15 is 0 Å². The Morgan fingerprint density at radius 2 is 1.74 bits per heavy atom. The van der Waals surface area contributed by atoms with Crippen LogP contribution in [0.1, 0.15) is 33.2 Å². The first-order valence-corrected chi connectivity index (χ1v) is 8.19. The van der Waals surface area contributed by atoms with Gasteiger partial charge in [0.1, 0.15) is 12.3 Å². The van der Waals surface area contributed by atoms with E-state index < -0.39 is 24.5 Å².